The summed E-state index contributed by atoms with van der Waals surface area (Å²) in [6.07, 6.45) is 0. The third-order valence-electron chi connectivity index (χ3n) is 3.23. The smallest absolute Gasteiger partial charge is 0.268 e. The Balaban J connectivity index is 2.95. The van der Waals surface area contributed by atoms with Crippen molar-refractivity contribution >= 4 is 28.3 Å². The van der Waals surface area contributed by atoms with Gasteiger partial charge in [0.05, 0.1) is 16.8 Å². The molecule has 0 fully saturated rings. The van der Waals surface area contributed by atoms with E-state index in [0.717, 1.165) is 5.39 Å². The van der Waals surface area contributed by atoms with Gasteiger partial charge in [0, 0.05) is 14.1 Å². The van der Waals surface area contributed by atoms with E-state index in [4.69, 9.17) is 11.7 Å². The number of hydrogen-bond acceptors (Lipinski definition) is 5. The van der Waals surface area contributed by atoms with Crippen molar-refractivity contribution in [1.29, 1.82) is 0 Å². The van der Waals surface area contributed by atoms with Crippen LogP contribution in [0.3, 0.4) is 0 Å². The van der Waals surface area contributed by atoms with Crippen molar-refractivity contribution < 1.29 is 9.59 Å². The monoisotopic (exact) mass is 287 g/mol. The molecule has 2 aromatic carbocycles. The second kappa shape index (κ2) is 5.78. The Hall–Kier alpha value is -2.64. The van der Waals surface area contributed by atoms with E-state index in [9.17, 15) is 9.59 Å². The van der Waals surface area contributed by atoms with Crippen LogP contribution >= 0.6 is 0 Å². The molecule has 2 aromatic rings. The van der Waals surface area contributed by atoms with Crippen molar-refractivity contribution in [2.45, 2.75) is 0 Å². The third-order valence-corrected chi connectivity index (χ3v) is 3.23. The zero-order valence-corrected chi connectivity index (χ0v) is 11.8. The van der Waals surface area contributed by atoms with E-state index in [2.05, 4.69) is 10.9 Å². The molecule has 0 spiro atoms. The molecule has 7 heteroatoms. The first-order valence-corrected chi connectivity index (χ1v) is 6.26. The summed E-state index contributed by atoms with van der Waals surface area (Å²) in [6.45, 7) is 0. The van der Waals surface area contributed by atoms with Crippen LogP contribution in [0.2, 0.25) is 0 Å². The molecule has 0 atom stereocenters. The van der Waals surface area contributed by atoms with Crippen LogP contribution in [0.4, 0.5) is 5.69 Å². The summed E-state index contributed by atoms with van der Waals surface area (Å²) >= 11 is 0. The molecule has 110 valence electrons. The van der Waals surface area contributed by atoms with Gasteiger partial charge in [-0.2, -0.15) is 0 Å². The zero-order chi connectivity index (χ0) is 15.6. The van der Waals surface area contributed by atoms with Gasteiger partial charge in [-0.1, -0.05) is 24.3 Å². The van der Waals surface area contributed by atoms with Crippen molar-refractivity contribution in [3.8, 4) is 0 Å². The zero-order valence-electron chi connectivity index (χ0n) is 11.8. The lowest BCUT2D eigenvalue weighted by atomic mass is 9.95. The number of benzene rings is 2. The van der Waals surface area contributed by atoms with Crippen molar-refractivity contribution in [1.82, 2.24) is 10.9 Å². The summed E-state index contributed by atoms with van der Waals surface area (Å²) in [5.41, 5.74) is 5.11. The first-order valence-electron chi connectivity index (χ1n) is 6.26. The summed E-state index contributed by atoms with van der Waals surface area (Å²) in [4.78, 5) is 26.0. The predicted octanol–water partition coefficient (Wildman–Crippen LogP) is 0.113. The highest BCUT2D eigenvalue weighted by Crippen LogP contribution is 2.31. The van der Waals surface area contributed by atoms with Crippen LogP contribution in [0.1, 0.15) is 20.7 Å². The normalized spacial score (nSPS) is 10.3. The number of amides is 2. The fraction of sp³-hybridized carbons (Fsp3) is 0.143. The highest BCUT2D eigenvalue weighted by Gasteiger charge is 2.24. The Kier molecular flexibility index (Phi) is 4.06. The van der Waals surface area contributed by atoms with Crippen molar-refractivity contribution in [2.75, 3.05) is 19.0 Å². The lowest BCUT2D eigenvalue weighted by Crippen LogP contribution is -2.36. The van der Waals surface area contributed by atoms with E-state index >= 15 is 0 Å². The first kappa shape index (κ1) is 14.8. The average molecular weight is 287 g/mol. The number of nitrogen functional groups attached to an aromatic ring is 2. The lowest BCUT2D eigenvalue weighted by molar-refractivity contribution is 0.0921. The molecule has 7 nitrogen and oxygen atoms in total. The minimum Gasteiger partial charge on any atom is -0.377 e. The van der Waals surface area contributed by atoms with E-state index in [1.165, 1.54) is 0 Å². The molecule has 2 rings (SSSR count). The fourth-order valence-electron chi connectivity index (χ4n) is 2.30. The highest BCUT2D eigenvalue weighted by molar-refractivity contribution is 6.18. The van der Waals surface area contributed by atoms with Gasteiger partial charge >= 0.3 is 0 Å². The van der Waals surface area contributed by atoms with Gasteiger partial charge in [0.1, 0.15) is 0 Å². The van der Waals surface area contributed by atoms with Crippen LogP contribution in [0.25, 0.3) is 10.8 Å². The number of rotatable bonds is 3. The highest BCUT2D eigenvalue weighted by atomic mass is 16.2. The molecule has 2 amide bonds. The summed E-state index contributed by atoms with van der Waals surface area (Å²) in [6, 6.07) is 9.09. The number of hydrogen-bond donors (Lipinski definition) is 4. The SMILES string of the molecule is CN(C)c1cc2ccccc2c(C(=O)NN)c1C(=O)NN. The second-order valence-corrected chi connectivity index (χ2v) is 4.71. The van der Waals surface area contributed by atoms with Crippen LogP contribution < -0.4 is 27.4 Å². The first-order chi connectivity index (χ1) is 10.0. The van der Waals surface area contributed by atoms with Gasteiger partial charge in [0.25, 0.3) is 11.8 Å². The van der Waals surface area contributed by atoms with Gasteiger partial charge in [-0.25, -0.2) is 11.7 Å². The van der Waals surface area contributed by atoms with E-state index in [-0.39, 0.29) is 11.1 Å². The fourth-order valence-corrected chi connectivity index (χ4v) is 2.30. The number of fused-ring (bicyclic) bond motifs is 1. The summed E-state index contributed by atoms with van der Waals surface area (Å²) < 4.78 is 0. The Bertz CT molecular complexity index is 712. The van der Waals surface area contributed by atoms with Crippen LogP contribution in [0.5, 0.6) is 0 Å². The molecule has 0 aliphatic heterocycles. The van der Waals surface area contributed by atoms with Gasteiger partial charge in [0.15, 0.2) is 0 Å². The molecule has 0 aliphatic carbocycles. The molecule has 0 aromatic heterocycles. The number of nitrogens with two attached hydrogens (primary N) is 2. The number of nitrogens with zero attached hydrogens (tertiary/aromatic N) is 1. The third kappa shape index (κ3) is 2.51. The Morgan fingerprint density at radius 2 is 1.57 bits per heavy atom. The molecule has 0 unspecified atom stereocenters. The molecule has 0 saturated heterocycles. The summed E-state index contributed by atoms with van der Waals surface area (Å²) in [7, 11) is 3.56. The topological polar surface area (TPSA) is 113 Å². The van der Waals surface area contributed by atoms with E-state index < -0.39 is 11.8 Å². The number of nitrogens with one attached hydrogen (secondary N) is 2. The minimum atomic E-state index is -0.553. The number of carbonyl (C=O) groups is 2. The average Bonchev–Trinajstić information content (AvgIpc) is 2.51. The molecule has 0 saturated carbocycles. The predicted molar refractivity (Wildman–Crippen MR) is 81.6 cm³/mol. The van der Waals surface area contributed by atoms with Gasteiger partial charge in [-0.05, 0) is 16.8 Å². The minimum absolute atomic E-state index is 0.184. The van der Waals surface area contributed by atoms with Crippen molar-refractivity contribution in [3.05, 3.63) is 41.5 Å². The maximum atomic E-state index is 12.2. The summed E-state index contributed by atoms with van der Waals surface area (Å²) in [5, 5.41) is 1.46. The van der Waals surface area contributed by atoms with Gasteiger partial charge in [-0.15, -0.1) is 0 Å². The maximum absolute atomic E-state index is 12.2. The van der Waals surface area contributed by atoms with Gasteiger partial charge in [-0.3, -0.25) is 20.4 Å². The molecule has 0 heterocycles. The van der Waals surface area contributed by atoms with Crippen LogP contribution in [0, 0.1) is 0 Å². The van der Waals surface area contributed by atoms with Crippen LogP contribution in [0.15, 0.2) is 30.3 Å². The Labute approximate surface area is 121 Å². The van der Waals surface area contributed by atoms with Crippen LogP contribution in [-0.4, -0.2) is 25.9 Å². The Morgan fingerprint density at radius 3 is 2.14 bits per heavy atom. The van der Waals surface area contributed by atoms with E-state index in [0.29, 0.717) is 11.1 Å². The largest absolute Gasteiger partial charge is 0.377 e. The molecule has 0 aliphatic rings. The molecular formula is C14H17N5O2. The number of anilines is 1. The number of hydrazine groups is 2. The second-order valence-electron chi connectivity index (χ2n) is 4.71. The number of carbonyl (C=O) groups excluding carboxylic acids is 2. The van der Waals surface area contributed by atoms with Gasteiger partial charge in [0.2, 0.25) is 0 Å². The lowest BCUT2D eigenvalue weighted by Gasteiger charge is -2.21. The van der Waals surface area contributed by atoms with E-state index in [1.54, 1.807) is 31.1 Å². The van der Waals surface area contributed by atoms with Crippen molar-refractivity contribution in [2.24, 2.45) is 11.7 Å². The van der Waals surface area contributed by atoms with E-state index in [1.807, 2.05) is 18.2 Å². The quantitative estimate of drug-likeness (QED) is 0.363. The molecular weight excluding hydrogens is 270 g/mol. The molecule has 0 bridgehead atoms. The molecule has 0 radical (unpaired) electrons. The molecule has 21 heavy (non-hydrogen) atoms. The standard InChI is InChI=1S/C14H17N5O2/c1-19(2)10-7-8-5-3-4-6-9(8)11(13(20)17-15)12(10)14(21)18-16/h3-7H,15-16H2,1-2H3,(H,17,20)(H,18,21). The Morgan fingerprint density at radius 1 is 1.00 bits per heavy atom. The maximum Gasteiger partial charge on any atom is 0.268 e. The van der Waals surface area contributed by atoms with Gasteiger partial charge < -0.3 is 4.90 Å². The van der Waals surface area contributed by atoms with Crippen LogP contribution in [-0.2, 0) is 0 Å². The van der Waals surface area contributed by atoms with Crippen molar-refractivity contribution in [3.63, 3.8) is 0 Å². The molecule has 6 N–H and O–H groups in total. The summed E-state index contributed by atoms with van der Waals surface area (Å²) in [5.74, 6) is 9.40.